The summed E-state index contributed by atoms with van der Waals surface area (Å²) >= 11 is 4.08. The van der Waals surface area contributed by atoms with Crippen LogP contribution >= 0.6 is 23.5 Å². The largest absolute Gasteiger partial charge is 0.396 e. The summed E-state index contributed by atoms with van der Waals surface area (Å²) in [7, 11) is 0. The van der Waals surface area contributed by atoms with E-state index >= 15 is 0 Å². The van der Waals surface area contributed by atoms with Crippen molar-refractivity contribution in [1.82, 2.24) is 0 Å². The lowest BCUT2D eigenvalue weighted by atomic mass is 9.93. The molecule has 16 heavy (non-hydrogen) atoms. The molecule has 2 heterocycles. The molecule has 0 amide bonds. The van der Waals surface area contributed by atoms with Gasteiger partial charge in [0.2, 0.25) is 0 Å². The predicted molar refractivity (Wildman–Crippen MR) is 72.4 cm³/mol. The van der Waals surface area contributed by atoms with Crippen LogP contribution in [0.1, 0.15) is 26.2 Å². The van der Waals surface area contributed by atoms with Crippen LogP contribution in [-0.4, -0.2) is 46.4 Å². The molecule has 0 radical (unpaired) electrons. The Bertz CT molecular complexity index is 217. The van der Waals surface area contributed by atoms with Gasteiger partial charge in [0.25, 0.3) is 0 Å². The topological polar surface area (TPSA) is 29.5 Å². The number of aliphatic hydroxyl groups is 1. The van der Waals surface area contributed by atoms with Crippen LogP contribution in [0.4, 0.5) is 0 Å². The van der Waals surface area contributed by atoms with Crippen molar-refractivity contribution in [2.45, 2.75) is 37.0 Å². The number of hydrogen-bond donors (Lipinski definition) is 1. The van der Waals surface area contributed by atoms with Gasteiger partial charge in [-0.1, -0.05) is 6.92 Å². The van der Waals surface area contributed by atoms with Crippen molar-refractivity contribution in [3.63, 3.8) is 0 Å². The molecule has 2 aliphatic rings. The van der Waals surface area contributed by atoms with Gasteiger partial charge in [-0.2, -0.15) is 23.5 Å². The lowest BCUT2D eigenvalue weighted by Crippen LogP contribution is -2.41. The van der Waals surface area contributed by atoms with E-state index in [0.29, 0.717) is 12.5 Å². The van der Waals surface area contributed by atoms with E-state index in [2.05, 4.69) is 6.92 Å². The van der Waals surface area contributed by atoms with Crippen LogP contribution in [0.25, 0.3) is 0 Å². The van der Waals surface area contributed by atoms with E-state index < -0.39 is 0 Å². The molecular weight excluding hydrogens is 240 g/mol. The molecule has 1 spiro atoms. The summed E-state index contributed by atoms with van der Waals surface area (Å²) < 4.78 is 6.01. The summed E-state index contributed by atoms with van der Waals surface area (Å²) in [6, 6.07) is 0. The van der Waals surface area contributed by atoms with Gasteiger partial charge in [0.1, 0.15) is 0 Å². The van der Waals surface area contributed by atoms with E-state index in [9.17, 15) is 0 Å². The van der Waals surface area contributed by atoms with E-state index in [1.807, 2.05) is 23.5 Å². The molecular formula is C12H22O2S2. The first kappa shape index (κ1) is 13.1. The van der Waals surface area contributed by atoms with E-state index in [4.69, 9.17) is 9.84 Å². The highest BCUT2D eigenvalue weighted by Gasteiger charge is 2.40. The highest BCUT2D eigenvalue weighted by atomic mass is 32.2. The average molecular weight is 262 g/mol. The van der Waals surface area contributed by atoms with Crippen molar-refractivity contribution < 1.29 is 9.84 Å². The highest BCUT2D eigenvalue weighted by Crippen LogP contribution is 2.41. The molecule has 2 aliphatic heterocycles. The standard InChI is InChI=1S/C12H22O2S2/c1-10(7-13)8-16-11-2-4-14-12(6-11)3-5-15-9-12/h10-11,13H,2-9H2,1H3. The summed E-state index contributed by atoms with van der Waals surface area (Å²) in [5.41, 5.74) is 0.211. The maximum atomic E-state index is 9.03. The SMILES string of the molecule is CC(CO)CSC1CCOC2(CCSC2)C1. The van der Waals surface area contributed by atoms with Gasteiger partial charge in [-0.05, 0) is 36.7 Å². The van der Waals surface area contributed by atoms with E-state index in [-0.39, 0.29) is 5.60 Å². The van der Waals surface area contributed by atoms with Crippen molar-refractivity contribution in [3.05, 3.63) is 0 Å². The molecule has 94 valence electrons. The van der Waals surface area contributed by atoms with Crippen molar-refractivity contribution >= 4 is 23.5 Å². The summed E-state index contributed by atoms with van der Waals surface area (Å²) in [4.78, 5) is 0. The summed E-state index contributed by atoms with van der Waals surface area (Å²) in [5.74, 6) is 3.98. The fraction of sp³-hybridized carbons (Fsp3) is 1.00. The summed E-state index contributed by atoms with van der Waals surface area (Å²) in [5, 5.41) is 9.78. The second kappa shape index (κ2) is 5.98. The van der Waals surface area contributed by atoms with Gasteiger partial charge in [-0.25, -0.2) is 0 Å². The molecule has 0 saturated carbocycles. The first-order valence-electron chi connectivity index (χ1n) is 6.18. The van der Waals surface area contributed by atoms with Gasteiger partial charge in [0.05, 0.1) is 5.60 Å². The van der Waals surface area contributed by atoms with Crippen molar-refractivity contribution in [1.29, 1.82) is 0 Å². The second-order valence-corrected chi connectivity index (χ2v) is 7.51. The number of ether oxygens (including phenoxy) is 1. The van der Waals surface area contributed by atoms with Crippen LogP contribution in [0.5, 0.6) is 0 Å². The summed E-state index contributed by atoms with van der Waals surface area (Å²) in [6.07, 6.45) is 3.66. The van der Waals surface area contributed by atoms with Crippen LogP contribution in [0.2, 0.25) is 0 Å². The molecule has 3 unspecified atom stereocenters. The molecule has 1 N–H and O–H groups in total. The summed E-state index contributed by atoms with van der Waals surface area (Å²) in [6.45, 7) is 3.37. The minimum Gasteiger partial charge on any atom is -0.396 e. The van der Waals surface area contributed by atoms with Gasteiger partial charge in [0.15, 0.2) is 0 Å². The molecule has 4 heteroatoms. The lowest BCUT2D eigenvalue weighted by molar-refractivity contribution is -0.0562. The Hall–Kier alpha value is 0.620. The Kier molecular flexibility index (Phi) is 4.89. The van der Waals surface area contributed by atoms with Gasteiger partial charge in [-0.15, -0.1) is 0 Å². The van der Waals surface area contributed by atoms with Crippen LogP contribution in [0.3, 0.4) is 0 Å². The number of aliphatic hydroxyl groups excluding tert-OH is 1. The monoisotopic (exact) mass is 262 g/mol. The molecule has 0 bridgehead atoms. The van der Waals surface area contributed by atoms with Crippen LogP contribution in [-0.2, 0) is 4.74 Å². The van der Waals surface area contributed by atoms with Gasteiger partial charge >= 0.3 is 0 Å². The predicted octanol–water partition coefficient (Wildman–Crippen LogP) is 2.40. The van der Waals surface area contributed by atoms with E-state index in [0.717, 1.165) is 17.6 Å². The quantitative estimate of drug-likeness (QED) is 0.842. The molecule has 0 aromatic heterocycles. The fourth-order valence-electron chi connectivity index (χ4n) is 2.34. The molecule has 3 atom stereocenters. The zero-order valence-corrected chi connectivity index (χ0v) is 11.6. The highest BCUT2D eigenvalue weighted by molar-refractivity contribution is 8.00. The van der Waals surface area contributed by atoms with Gasteiger partial charge in [-0.3, -0.25) is 0 Å². The molecule has 0 aromatic carbocycles. The molecule has 2 fully saturated rings. The molecule has 0 aliphatic carbocycles. The number of thioether (sulfide) groups is 2. The van der Waals surface area contributed by atoms with E-state index in [1.165, 1.54) is 30.8 Å². The van der Waals surface area contributed by atoms with E-state index in [1.54, 1.807) is 0 Å². The maximum Gasteiger partial charge on any atom is 0.0790 e. The van der Waals surface area contributed by atoms with Crippen molar-refractivity contribution in [2.24, 2.45) is 5.92 Å². The van der Waals surface area contributed by atoms with Crippen LogP contribution in [0, 0.1) is 5.92 Å². The molecule has 2 saturated heterocycles. The Morgan fingerprint density at radius 2 is 2.50 bits per heavy atom. The first-order valence-corrected chi connectivity index (χ1v) is 8.39. The Morgan fingerprint density at radius 3 is 3.19 bits per heavy atom. The lowest BCUT2D eigenvalue weighted by Gasteiger charge is -2.37. The zero-order chi connectivity index (χ0) is 11.4. The third-order valence-electron chi connectivity index (χ3n) is 3.44. The number of hydrogen-bond acceptors (Lipinski definition) is 4. The minimum atomic E-state index is 0.211. The Labute approximate surface area is 107 Å². The second-order valence-electron chi connectivity index (χ2n) is 5.07. The molecule has 0 aromatic rings. The zero-order valence-electron chi connectivity index (χ0n) is 9.98. The van der Waals surface area contributed by atoms with Gasteiger partial charge in [0, 0.05) is 24.2 Å². The normalized spacial score (nSPS) is 36.8. The minimum absolute atomic E-state index is 0.211. The Balaban J connectivity index is 1.78. The Morgan fingerprint density at radius 1 is 1.62 bits per heavy atom. The molecule has 2 rings (SSSR count). The van der Waals surface area contributed by atoms with Crippen LogP contribution < -0.4 is 0 Å². The third-order valence-corrected chi connectivity index (χ3v) is 6.30. The van der Waals surface area contributed by atoms with Crippen molar-refractivity contribution in [3.8, 4) is 0 Å². The first-order chi connectivity index (χ1) is 7.74. The smallest absolute Gasteiger partial charge is 0.0790 e. The average Bonchev–Trinajstić information content (AvgIpc) is 2.74. The van der Waals surface area contributed by atoms with Gasteiger partial charge < -0.3 is 9.84 Å². The fourth-order valence-corrected chi connectivity index (χ4v) is 5.11. The maximum absolute atomic E-state index is 9.03. The third kappa shape index (κ3) is 3.31. The van der Waals surface area contributed by atoms with Crippen molar-refractivity contribution in [2.75, 3.05) is 30.5 Å². The number of rotatable bonds is 4. The molecule has 2 nitrogen and oxygen atoms in total. The van der Waals surface area contributed by atoms with Crippen LogP contribution in [0.15, 0.2) is 0 Å².